The van der Waals surface area contributed by atoms with Gasteiger partial charge >= 0.3 is 0 Å². The molecule has 0 aliphatic rings. The number of hydrogen-bond acceptors (Lipinski definition) is 4. The van der Waals surface area contributed by atoms with Crippen LogP contribution in [-0.4, -0.2) is 17.7 Å². The van der Waals surface area contributed by atoms with Gasteiger partial charge in [0.25, 0.3) is 11.8 Å². The molecule has 0 saturated heterocycles. The van der Waals surface area contributed by atoms with Crippen LogP contribution in [0.5, 0.6) is 0 Å². The van der Waals surface area contributed by atoms with Gasteiger partial charge in [0, 0.05) is 26.7 Å². The fourth-order valence-corrected chi connectivity index (χ4v) is 6.05. The molecule has 0 fully saturated rings. The summed E-state index contributed by atoms with van der Waals surface area (Å²) in [6.45, 7) is 0. The minimum absolute atomic E-state index is 0.0616. The van der Waals surface area contributed by atoms with E-state index in [9.17, 15) is 18.8 Å². The Kier molecular flexibility index (Phi) is 11.3. The van der Waals surface area contributed by atoms with Crippen LogP contribution in [0.25, 0.3) is 6.08 Å². The maximum Gasteiger partial charge on any atom is 0.272 e. The van der Waals surface area contributed by atoms with Crippen molar-refractivity contribution in [3.8, 4) is 0 Å². The van der Waals surface area contributed by atoms with Crippen LogP contribution < -0.4 is 16.0 Å². The summed E-state index contributed by atoms with van der Waals surface area (Å²) in [6.07, 6.45) is 1.18. The highest BCUT2D eigenvalue weighted by Gasteiger charge is 2.24. The van der Waals surface area contributed by atoms with Crippen molar-refractivity contribution in [1.82, 2.24) is 5.32 Å². The molecular formula is C36H25Cl3FN3O3S. The van der Waals surface area contributed by atoms with Crippen molar-refractivity contribution >= 4 is 81.7 Å². The quantitative estimate of drug-likeness (QED) is 0.0998. The van der Waals surface area contributed by atoms with E-state index in [0.717, 1.165) is 5.56 Å². The fourth-order valence-electron chi connectivity index (χ4n) is 4.41. The fraction of sp³-hybridized carbons (Fsp3) is 0.0278. The number of hydrogen-bond donors (Lipinski definition) is 3. The number of halogens is 4. The highest BCUT2D eigenvalue weighted by Crippen LogP contribution is 2.38. The summed E-state index contributed by atoms with van der Waals surface area (Å²) in [7, 11) is 0. The van der Waals surface area contributed by atoms with Gasteiger partial charge in [-0.25, -0.2) is 4.39 Å². The summed E-state index contributed by atoms with van der Waals surface area (Å²) in [4.78, 5) is 40.8. The van der Waals surface area contributed by atoms with Gasteiger partial charge in [-0.15, -0.1) is 11.8 Å². The van der Waals surface area contributed by atoms with Gasteiger partial charge in [0.2, 0.25) is 5.91 Å². The van der Waals surface area contributed by atoms with Gasteiger partial charge in [-0.3, -0.25) is 14.4 Å². The summed E-state index contributed by atoms with van der Waals surface area (Å²) in [5.74, 6) is -2.29. The van der Waals surface area contributed by atoms with Gasteiger partial charge in [0.1, 0.15) is 16.8 Å². The number of benzene rings is 5. The number of thioether (sulfide) groups is 1. The summed E-state index contributed by atoms with van der Waals surface area (Å²) in [6, 6.07) is 33.2. The topological polar surface area (TPSA) is 87.3 Å². The molecule has 0 aliphatic heterocycles. The van der Waals surface area contributed by atoms with Crippen molar-refractivity contribution in [2.24, 2.45) is 0 Å². The predicted octanol–water partition coefficient (Wildman–Crippen LogP) is 9.67. The zero-order chi connectivity index (χ0) is 33.3. The first-order valence-corrected chi connectivity index (χ1v) is 16.1. The van der Waals surface area contributed by atoms with Crippen LogP contribution in [0, 0.1) is 5.82 Å². The van der Waals surface area contributed by atoms with Crippen LogP contribution in [0.1, 0.15) is 26.7 Å². The van der Waals surface area contributed by atoms with Crippen LogP contribution >= 0.6 is 46.6 Å². The third kappa shape index (κ3) is 9.02. The largest absolute Gasteiger partial charge is 0.323 e. The van der Waals surface area contributed by atoms with Gasteiger partial charge < -0.3 is 16.0 Å². The zero-order valence-corrected chi connectivity index (χ0v) is 27.4. The minimum Gasteiger partial charge on any atom is -0.323 e. The van der Waals surface area contributed by atoms with Crippen LogP contribution in [-0.2, 0) is 9.59 Å². The second-order valence-corrected chi connectivity index (χ2v) is 12.4. The van der Waals surface area contributed by atoms with Crippen LogP contribution in [0.4, 0.5) is 15.8 Å². The lowest BCUT2D eigenvalue weighted by Crippen LogP contribution is -2.30. The molecule has 0 saturated carbocycles. The summed E-state index contributed by atoms with van der Waals surface area (Å²) in [5.41, 5.74) is 1.48. The molecule has 0 spiro atoms. The molecule has 6 nitrogen and oxygen atoms in total. The minimum atomic E-state index is -0.719. The molecular weight excluding hydrogens is 680 g/mol. The lowest BCUT2D eigenvalue weighted by atomic mass is 10.1. The molecule has 5 aromatic carbocycles. The molecule has 47 heavy (non-hydrogen) atoms. The van der Waals surface area contributed by atoms with E-state index >= 15 is 0 Å². The monoisotopic (exact) mass is 703 g/mol. The van der Waals surface area contributed by atoms with Gasteiger partial charge in [0.15, 0.2) is 0 Å². The van der Waals surface area contributed by atoms with E-state index in [1.54, 1.807) is 72.8 Å². The van der Waals surface area contributed by atoms with Gasteiger partial charge in [-0.05, 0) is 72.3 Å². The van der Waals surface area contributed by atoms with E-state index in [0.29, 0.717) is 31.9 Å². The van der Waals surface area contributed by atoms with Crippen molar-refractivity contribution in [2.45, 2.75) is 10.1 Å². The van der Waals surface area contributed by atoms with Gasteiger partial charge in [-0.2, -0.15) is 0 Å². The molecule has 0 aliphatic carbocycles. The Bertz CT molecular complexity index is 1940. The second-order valence-electron chi connectivity index (χ2n) is 10.0. The maximum absolute atomic E-state index is 14.7. The first-order valence-electron chi connectivity index (χ1n) is 14.1. The van der Waals surface area contributed by atoms with E-state index < -0.39 is 22.9 Å². The molecule has 5 rings (SSSR count). The molecule has 0 radical (unpaired) electrons. The average Bonchev–Trinajstić information content (AvgIpc) is 3.07. The van der Waals surface area contributed by atoms with Gasteiger partial charge in [0.05, 0.1) is 15.7 Å². The Morgan fingerprint density at radius 2 is 1.43 bits per heavy atom. The molecule has 1 unspecified atom stereocenters. The Morgan fingerprint density at radius 3 is 2.15 bits per heavy atom. The van der Waals surface area contributed by atoms with Crippen LogP contribution in [0.3, 0.4) is 0 Å². The van der Waals surface area contributed by atoms with Crippen molar-refractivity contribution in [3.63, 3.8) is 0 Å². The summed E-state index contributed by atoms with van der Waals surface area (Å²) >= 11 is 19.9. The number of anilines is 2. The standard InChI is InChI=1S/C36H25Cl3FN3O3S/c37-24-17-18-29(39)31(19-24)42-36(46)33(22-9-3-1-4-10-22)47-26-14-7-13-25(20-26)41-35(45)32(21-27-28(38)15-8-16-30(27)40)43-34(44)23-11-5-2-6-12-23/h1-21,33H,(H,41,45)(H,42,46)(H,43,44)/b32-21+. The molecule has 0 heterocycles. The van der Waals surface area contributed by atoms with E-state index in [1.165, 1.54) is 36.0 Å². The van der Waals surface area contributed by atoms with E-state index in [4.69, 9.17) is 34.8 Å². The van der Waals surface area contributed by atoms with E-state index in [1.807, 2.05) is 30.3 Å². The smallest absolute Gasteiger partial charge is 0.272 e. The number of rotatable bonds is 10. The Labute approximate surface area is 289 Å². The van der Waals surface area contributed by atoms with Crippen molar-refractivity contribution in [1.29, 1.82) is 0 Å². The molecule has 0 bridgehead atoms. The second kappa shape index (κ2) is 15.8. The summed E-state index contributed by atoms with van der Waals surface area (Å²) in [5, 5.41) is 8.31. The molecule has 3 amide bonds. The van der Waals surface area contributed by atoms with Gasteiger partial charge in [-0.1, -0.05) is 95.5 Å². The molecule has 3 N–H and O–H groups in total. The zero-order valence-electron chi connectivity index (χ0n) is 24.3. The lowest BCUT2D eigenvalue weighted by Gasteiger charge is -2.18. The Balaban J connectivity index is 1.41. The first kappa shape index (κ1) is 33.8. The SMILES string of the molecule is O=C(Nc1cccc(SC(C(=O)Nc2cc(Cl)ccc2Cl)c2ccccc2)c1)/C(=C\c1c(F)cccc1Cl)NC(=O)c1ccccc1. The molecule has 5 aromatic rings. The van der Waals surface area contributed by atoms with Crippen LogP contribution in [0.15, 0.2) is 132 Å². The summed E-state index contributed by atoms with van der Waals surface area (Å²) < 4.78 is 14.7. The highest BCUT2D eigenvalue weighted by molar-refractivity contribution is 8.00. The maximum atomic E-state index is 14.7. The Hall–Kier alpha value is -4.60. The van der Waals surface area contributed by atoms with Crippen LogP contribution in [0.2, 0.25) is 15.1 Å². The molecule has 11 heteroatoms. The van der Waals surface area contributed by atoms with Crippen molar-refractivity contribution in [3.05, 3.63) is 165 Å². The third-order valence-corrected chi connectivity index (χ3v) is 8.83. The Morgan fingerprint density at radius 1 is 0.723 bits per heavy atom. The normalized spacial score (nSPS) is 11.8. The average molecular weight is 705 g/mol. The third-order valence-electron chi connectivity index (χ3n) is 6.69. The van der Waals surface area contributed by atoms with Crippen molar-refractivity contribution < 1.29 is 18.8 Å². The predicted molar refractivity (Wildman–Crippen MR) is 188 cm³/mol. The molecule has 1 atom stereocenters. The number of carbonyl (C=O) groups excluding carboxylic acids is 3. The van der Waals surface area contributed by atoms with E-state index in [2.05, 4.69) is 16.0 Å². The van der Waals surface area contributed by atoms with Crippen molar-refractivity contribution in [2.75, 3.05) is 10.6 Å². The molecule has 236 valence electrons. The first-order chi connectivity index (χ1) is 22.7. The molecule has 0 aromatic heterocycles. The number of nitrogens with one attached hydrogen (secondary N) is 3. The van der Waals surface area contributed by atoms with E-state index in [-0.39, 0.29) is 22.2 Å². The number of amides is 3. The lowest BCUT2D eigenvalue weighted by molar-refractivity contribution is -0.116. The number of carbonyl (C=O) groups is 3. The highest BCUT2D eigenvalue weighted by atomic mass is 35.5.